The largest absolute Gasteiger partial charge is 0.447 e. The first-order valence-corrected chi connectivity index (χ1v) is 12.9. The number of anilines is 1. The van der Waals surface area contributed by atoms with Crippen LogP contribution in [0, 0.1) is 11.6 Å². The summed E-state index contributed by atoms with van der Waals surface area (Å²) in [5.41, 5.74) is 7.21. The first kappa shape index (κ1) is 26.9. The summed E-state index contributed by atoms with van der Waals surface area (Å²) < 4.78 is 44.1. The van der Waals surface area contributed by atoms with Crippen LogP contribution in [0.5, 0.6) is 0 Å². The Hall–Kier alpha value is -3.71. The summed E-state index contributed by atoms with van der Waals surface area (Å²) in [5, 5.41) is 4.00. The van der Waals surface area contributed by atoms with E-state index in [1.807, 2.05) is 18.7 Å². The summed E-state index contributed by atoms with van der Waals surface area (Å²) in [6.07, 6.45) is 4.08. The second-order valence-corrected chi connectivity index (χ2v) is 10.1. The fourth-order valence-corrected chi connectivity index (χ4v) is 4.82. The van der Waals surface area contributed by atoms with Gasteiger partial charge in [-0.2, -0.15) is 4.98 Å². The molecule has 0 radical (unpaired) electrons. The van der Waals surface area contributed by atoms with Crippen LogP contribution in [0.25, 0.3) is 11.4 Å². The Labute approximate surface area is 224 Å². The van der Waals surface area contributed by atoms with Crippen LogP contribution < -0.4 is 10.6 Å². The molecule has 0 saturated carbocycles. The lowest BCUT2D eigenvalue weighted by Gasteiger charge is -2.31. The number of ether oxygens (including phenoxy) is 2. The number of nitrogens with two attached hydrogens (primary N) is 1. The topological polar surface area (TPSA) is 133 Å². The average molecular weight is 544 g/mol. The van der Waals surface area contributed by atoms with Crippen molar-refractivity contribution in [3.05, 3.63) is 53.7 Å². The molecule has 0 spiro atoms. The number of carbonyl (C=O) groups excluding carboxylic acids is 1. The van der Waals surface area contributed by atoms with Crippen molar-refractivity contribution in [2.24, 2.45) is 5.73 Å². The molecular formula is C26H31F2N7O4. The van der Waals surface area contributed by atoms with E-state index in [1.165, 1.54) is 12.1 Å². The van der Waals surface area contributed by atoms with E-state index in [9.17, 15) is 13.6 Å². The maximum atomic E-state index is 14.3. The van der Waals surface area contributed by atoms with E-state index in [-0.39, 0.29) is 36.9 Å². The molecule has 2 aliphatic rings. The molecule has 2 atom stereocenters. The lowest BCUT2D eigenvalue weighted by molar-refractivity contribution is -0.0147. The zero-order valence-corrected chi connectivity index (χ0v) is 21.8. The second kappa shape index (κ2) is 11.6. The van der Waals surface area contributed by atoms with Gasteiger partial charge < -0.3 is 29.5 Å². The number of benzene rings is 1. The van der Waals surface area contributed by atoms with Gasteiger partial charge in [0.25, 0.3) is 5.89 Å². The summed E-state index contributed by atoms with van der Waals surface area (Å²) in [6.45, 7) is 5.78. The highest BCUT2D eigenvalue weighted by molar-refractivity contribution is 5.67. The minimum Gasteiger partial charge on any atom is -0.447 e. The molecule has 2 aromatic heterocycles. The monoisotopic (exact) mass is 543 g/mol. The van der Waals surface area contributed by atoms with Gasteiger partial charge in [0, 0.05) is 56.6 Å². The zero-order valence-electron chi connectivity index (χ0n) is 21.8. The molecule has 11 nitrogen and oxygen atoms in total. The van der Waals surface area contributed by atoms with E-state index < -0.39 is 11.6 Å². The van der Waals surface area contributed by atoms with Gasteiger partial charge in [-0.3, -0.25) is 0 Å². The van der Waals surface area contributed by atoms with Crippen molar-refractivity contribution in [3.8, 4) is 11.4 Å². The molecule has 0 aliphatic carbocycles. The molecule has 208 valence electrons. The predicted molar refractivity (Wildman–Crippen MR) is 136 cm³/mol. The molecule has 2 saturated heterocycles. The Morgan fingerprint density at radius 2 is 1.92 bits per heavy atom. The molecule has 0 bridgehead atoms. The molecule has 13 heteroatoms. The van der Waals surface area contributed by atoms with Gasteiger partial charge in [-0.05, 0) is 38.3 Å². The molecule has 3 aromatic rings. The first-order valence-electron chi connectivity index (χ1n) is 12.9. The number of nitrogens with zero attached hydrogens (tertiary/aromatic N) is 6. The molecule has 2 N–H and O–H groups in total. The van der Waals surface area contributed by atoms with Crippen molar-refractivity contribution >= 4 is 12.0 Å². The lowest BCUT2D eigenvalue weighted by Crippen LogP contribution is -2.41. The smallest absolute Gasteiger partial charge is 0.410 e. The maximum Gasteiger partial charge on any atom is 0.410 e. The Kier molecular flexibility index (Phi) is 7.98. The van der Waals surface area contributed by atoms with E-state index in [4.69, 9.17) is 19.7 Å². The van der Waals surface area contributed by atoms with E-state index >= 15 is 0 Å². The van der Waals surface area contributed by atoms with Crippen LogP contribution >= 0.6 is 0 Å². The average Bonchev–Trinajstić information content (AvgIpc) is 3.54. The van der Waals surface area contributed by atoms with Gasteiger partial charge in [-0.25, -0.2) is 23.5 Å². The normalized spacial score (nSPS) is 20.2. The molecule has 5 rings (SSSR count). The highest BCUT2D eigenvalue weighted by Crippen LogP contribution is 2.31. The summed E-state index contributed by atoms with van der Waals surface area (Å²) >= 11 is 0. The van der Waals surface area contributed by atoms with Crippen molar-refractivity contribution < 1.29 is 27.6 Å². The number of likely N-dealkylation sites (tertiary alicyclic amines) is 1. The van der Waals surface area contributed by atoms with Crippen LogP contribution in [0.4, 0.5) is 19.5 Å². The van der Waals surface area contributed by atoms with Crippen LogP contribution in [-0.4, -0.2) is 75.5 Å². The molecule has 2 aliphatic heterocycles. The second-order valence-electron chi connectivity index (χ2n) is 10.1. The molecule has 1 aromatic carbocycles. The standard InChI is InChI=1S/C26H31F2N7O4/c1-15(2)38-26(36)34-7-5-18(6-8-34)37-14-23-32-24(33-39-23)16-10-30-25(31-11-16)35-12-20(22(29)13-35)19-4-3-17(27)9-21(19)28/h3-4,9-11,15,18,20,22H,5-8,12-14,29H2,1-2H3/t20-,22+/m1/s1. The number of hydrogen-bond acceptors (Lipinski definition) is 10. The van der Waals surface area contributed by atoms with Crippen molar-refractivity contribution in [2.75, 3.05) is 31.1 Å². The van der Waals surface area contributed by atoms with E-state index in [1.54, 1.807) is 17.3 Å². The van der Waals surface area contributed by atoms with Gasteiger partial charge >= 0.3 is 6.09 Å². The Morgan fingerprint density at radius 1 is 1.18 bits per heavy atom. The van der Waals surface area contributed by atoms with Gasteiger partial charge in [0.15, 0.2) is 0 Å². The van der Waals surface area contributed by atoms with Crippen LogP contribution in [0.1, 0.15) is 44.1 Å². The number of hydrogen-bond donors (Lipinski definition) is 1. The van der Waals surface area contributed by atoms with Crippen LogP contribution in [0.2, 0.25) is 0 Å². The van der Waals surface area contributed by atoms with E-state index in [0.717, 1.165) is 6.07 Å². The highest BCUT2D eigenvalue weighted by Gasteiger charge is 2.34. The lowest BCUT2D eigenvalue weighted by atomic mass is 9.94. The fourth-order valence-electron chi connectivity index (χ4n) is 4.82. The summed E-state index contributed by atoms with van der Waals surface area (Å²) in [6, 6.07) is 3.19. The third-order valence-electron chi connectivity index (χ3n) is 6.85. The Balaban J connectivity index is 1.13. The molecule has 39 heavy (non-hydrogen) atoms. The van der Waals surface area contributed by atoms with Crippen molar-refractivity contribution in [2.45, 2.75) is 57.5 Å². The van der Waals surface area contributed by atoms with Crippen molar-refractivity contribution in [3.63, 3.8) is 0 Å². The fraction of sp³-hybridized carbons (Fsp3) is 0.500. The zero-order chi connectivity index (χ0) is 27.5. The number of rotatable bonds is 7. The number of aromatic nitrogens is 4. The van der Waals surface area contributed by atoms with Crippen molar-refractivity contribution in [1.82, 2.24) is 25.0 Å². The van der Waals surface area contributed by atoms with Gasteiger partial charge in [-0.1, -0.05) is 11.2 Å². The molecule has 2 fully saturated rings. The number of carbonyl (C=O) groups is 1. The van der Waals surface area contributed by atoms with Gasteiger partial charge in [0.2, 0.25) is 11.8 Å². The minimum absolute atomic E-state index is 0.0230. The Bertz CT molecular complexity index is 1280. The van der Waals surface area contributed by atoms with Crippen LogP contribution in [0.3, 0.4) is 0 Å². The minimum atomic E-state index is -0.624. The number of halogens is 2. The Morgan fingerprint density at radius 3 is 2.62 bits per heavy atom. The van der Waals surface area contributed by atoms with Gasteiger partial charge in [0.1, 0.15) is 18.2 Å². The third-order valence-corrected chi connectivity index (χ3v) is 6.85. The maximum absolute atomic E-state index is 14.3. The van der Waals surface area contributed by atoms with Gasteiger partial charge in [-0.15, -0.1) is 0 Å². The summed E-state index contributed by atoms with van der Waals surface area (Å²) in [7, 11) is 0. The highest BCUT2D eigenvalue weighted by atomic mass is 19.1. The van der Waals surface area contributed by atoms with E-state index in [0.29, 0.717) is 67.8 Å². The third kappa shape index (κ3) is 6.31. The molecule has 0 unspecified atom stereocenters. The van der Waals surface area contributed by atoms with Crippen molar-refractivity contribution in [1.29, 1.82) is 0 Å². The summed E-state index contributed by atoms with van der Waals surface area (Å²) in [4.78, 5) is 28.8. The number of piperidine rings is 1. The molecular weight excluding hydrogens is 512 g/mol. The quantitative estimate of drug-likeness (QED) is 0.473. The van der Waals surface area contributed by atoms with Crippen LogP contribution in [0.15, 0.2) is 35.1 Å². The molecule has 1 amide bonds. The van der Waals surface area contributed by atoms with E-state index in [2.05, 4.69) is 20.1 Å². The molecule has 4 heterocycles. The SMILES string of the molecule is CC(C)OC(=O)N1CCC(OCc2nc(-c3cnc(N4C[C@H](c5ccc(F)cc5F)[C@@H](N)C4)nc3)no2)CC1. The first-order chi connectivity index (χ1) is 18.8. The predicted octanol–water partition coefficient (Wildman–Crippen LogP) is 3.26. The summed E-state index contributed by atoms with van der Waals surface area (Å²) in [5.74, 6) is -0.450. The van der Waals surface area contributed by atoms with Crippen LogP contribution in [-0.2, 0) is 16.1 Å². The van der Waals surface area contributed by atoms with Gasteiger partial charge in [0.05, 0.1) is 17.8 Å². The number of amides is 1.